The standard InChI is InChI=1S/C9H11FN2O2S/c10-8(3-4-11)7-15(13,14)9-2-1-5-12-6-9/h1-3,5-6H,4,7,11H2/b8-3+. The minimum atomic E-state index is -3.64. The van der Waals surface area contributed by atoms with Crippen molar-refractivity contribution < 1.29 is 12.8 Å². The molecule has 0 fully saturated rings. The molecule has 0 aliphatic heterocycles. The molecule has 0 aromatic carbocycles. The molecule has 1 heterocycles. The summed E-state index contributed by atoms with van der Waals surface area (Å²) in [4.78, 5) is 3.66. The molecule has 2 N–H and O–H groups in total. The van der Waals surface area contributed by atoms with Crippen LogP contribution in [0.2, 0.25) is 0 Å². The van der Waals surface area contributed by atoms with Gasteiger partial charge in [0.25, 0.3) is 0 Å². The number of pyridine rings is 1. The molecular weight excluding hydrogens is 219 g/mol. The minimum absolute atomic E-state index is 0.00516. The van der Waals surface area contributed by atoms with Crippen molar-refractivity contribution in [1.29, 1.82) is 0 Å². The zero-order valence-corrected chi connectivity index (χ0v) is 8.74. The van der Waals surface area contributed by atoms with E-state index in [1.54, 1.807) is 0 Å². The van der Waals surface area contributed by atoms with Crippen LogP contribution in [0.5, 0.6) is 0 Å². The molecule has 0 unspecified atom stereocenters. The van der Waals surface area contributed by atoms with Crippen LogP contribution in [-0.2, 0) is 9.84 Å². The van der Waals surface area contributed by atoms with E-state index in [2.05, 4.69) is 4.98 Å². The summed E-state index contributed by atoms with van der Waals surface area (Å²) in [5.41, 5.74) is 5.06. The van der Waals surface area contributed by atoms with Crippen molar-refractivity contribution in [2.24, 2.45) is 5.73 Å². The fraction of sp³-hybridized carbons (Fsp3) is 0.222. The van der Waals surface area contributed by atoms with Crippen molar-refractivity contribution in [1.82, 2.24) is 4.98 Å². The van der Waals surface area contributed by atoms with Crippen molar-refractivity contribution in [3.63, 3.8) is 0 Å². The molecule has 0 saturated carbocycles. The van der Waals surface area contributed by atoms with Crippen molar-refractivity contribution in [3.05, 3.63) is 36.4 Å². The third-order valence-corrected chi connectivity index (χ3v) is 3.28. The lowest BCUT2D eigenvalue weighted by molar-refractivity contribution is 0.582. The highest BCUT2D eigenvalue weighted by molar-refractivity contribution is 7.91. The topological polar surface area (TPSA) is 73.1 Å². The number of rotatable bonds is 4. The van der Waals surface area contributed by atoms with Gasteiger partial charge in [0.05, 0.1) is 4.90 Å². The molecule has 15 heavy (non-hydrogen) atoms. The highest BCUT2D eigenvalue weighted by Crippen LogP contribution is 2.12. The van der Waals surface area contributed by atoms with Gasteiger partial charge in [-0.3, -0.25) is 4.98 Å². The van der Waals surface area contributed by atoms with E-state index in [1.807, 2.05) is 0 Å². The van der Waals surface area contributed by atoms with E-state index in [0.717, 1.165) is 6.08 Å². The zero-order valence-electron chi connectivity index (χ0n) is 7.93. The smallest absolute Gasteiger partial charge is 0.186 e. The Morgan fingerprint density at radius 2 is 2.33 bits per heavy atom. The molecule has 82 valence electrons. The molecule has 0 bridgehead atoms. The molecule has 0 aliphatic rings. The van der Waals surface area contributed by atoms with Crippen LogP contribution in [0.15, 0.2) is 41.3 Å². The van der Waals surface area contributed by atoms with Crippen molar-refractivity contribution >= 4 is 9.84 Å². The lowest BCUT2D eigenvalue weighted by Gasteiger charge is -2.01. The predicted octanol–water partition coefficient (Wildman–Crippen LogP) is 0.667. The highest BCUT2D eigenvalue weighted by Gasteiger charge is 2.16. The van der Waals surface area contributed by atoms with E-state index in [1.165, 1.54) is 24.5 Å². The second kappa shape index (κ2) is 4.99. The molecule has 1 aromatic heterocycles. The third-order valence-electron chi connectivity index (χ3n) is 1.66. The minimum Gasteiger partial charge on any atom is -0.327 e. The molecule has 0 radical (unpaired) electrons. The van der Waals surface area contributed by atoms with E-state index < -0.39 is 21.4 Å². The zero-order chi connectivity index (χ0) is 11.3. The van der Waals surface area contributed by atoms with E-state index in [9.17, 15) is 12.8 Å². The summed E-state index contributed by atoms with van der Waals surface area (Å²) in [6.45, 7) is -0.0195. The lowest BCUT2D eigenvalue weighted by Crippen LogP contribution is -2.08. The first-order valence-electron chi connectivity index (χ1n) is 4.23. The SMILES string of the molecule is NC/C=C(/F)CS(=O)(=O)c1cccnc1. The van der Waals surface area contributed by atoms with Crippen LogP contribution in [0.4, 0.5) is 4.39 Å². The normalized spacial score (nSPS) is 12.8. The van der Waals surface area contributed by atoms with Gasteiger partial charge in [-0.15, -0.1) is 0 Å². The molecule has 4 nitrogen and oxygen atoms in total. The van der Waals surface area contributed by atoms with Crippen LogP contribution in [0.1, 0.15) is 0 Å². The van der Waals surface area contributed by atoms with Gasteiger partial charge in [0, 0.05) is 18.9 Å². The highest BCUT2D eigenvalue weighted by atomic mass is 32.2. The number of nitrogens with two attached hydrogens (primary N) is 1. The van der Waals surface area contributed by atoms with Crippen LogP contribution < -0.4 is 5.73 Å². The second-order valence-electron chi connectivity index (χ2n) is 2.83. The van der Waals surface area contributed by atoms with Crippen LogP contribution >= 0.6 is 0 Å². The number of sulfone groups is 1. The first-order valence-corrected chi connectivity index (χ1v) is 5.89. The summed E-state index contributed by atoms with van der Waals surface area (Å²) in [6.07, 6.45) is 3.67. The number of hydrogen-bond donors (Lipinski definition) is 1. The van der Waals surface area contributed by atoms with Gasteiger partial charge in [-0.2, -0.15) is 0 Å². The van der Waals surface area contributed by atoms with Crippen molar-refractivity contribution in [2.75, 3.05) is 12.3 Å². The molecular formula is C9H11FN2O2S. The molecule has 0 amide bonds. The molecule has 0 aliphatic carbocycles. The van der Waals surface area contributed by atoms with Crippen LogP contribution in [0.3, 0.4) is 0 Å². The molecule has 1 aromatic rings. The van der Waals surface area contributed by atoms with E-state index >= 15 is 0 Å². The number of aromatic nitrogens is 1. The largest absolute Gasteiger partial charge is 0.327 e. The van der Waals surface area contributed by atoms with Crippen molar-refractivity contribution in [3.8, 4) is 0 Å². The van der Waals surface area contributed by atoms with Gasteiger partial charge in [-0.1, -0.05) is 0 Å². The van der Waals surface area contributed by atoms with Crippen LogP contribution in [-0.4, -0.2) is 25.7 Å². The second-order valence-corrected chi connectivity index (χ2v) is 4.82. The Bertz CT molecular complexity index is 442. The first-order chi connectivity index (χ1) is 7.06. The first kappa shape index (κ1) is 11.8. The van der Waals surface area contributed by atoms with Crippen molar-refractivity contribution in [2.45, 2.75) is 4.90 Å². The Labute approximate surface area is 87.6 Å². The third kappa shape index (κ3) is 3.41. The molecule has 0 saturated heterocycles. The van der Waals surface area contributed by atoms with Gasteiger partial charge in [-0.05, 0) is 18.2 Å². The molecule has 0 atom stereocenters. The summed E-state index contributed by atoms with van der Waals surface area (Å²) in [5.74, 6) is -1.42. The quantitative estimate of drug-likeness (QED) is 0.825. The maximum absolute atomic E-state index is 13.0. The van der Waals surface area contributed by atoms with Gasteiger partial charge >= 0.3 is 0 Å². The Kier molecular flexibility index (Phi) is 3.93. The van der Waals surface area contributed by atoms with Gasteiger partial charge in [0.1, 0.15) is 11.6 Å². The number of nitrogens with zero attached hydrogens (tertiary/aromatic N) is 1. The summed E-state index contributed by atoms with van der Waals surface area (Å²) < 4.78 is 36.1. The molecule has 1 rings (SSSR count). The van der Waals surface area contributed by atoms with Gasteiger partial charge in [0.15, 0.2) is 9.84 Å². The maximum atomic E-state index is 13.0. The van der Waals surface area contributed by atoms with Gasteiger partial charge < -0.3 is 5.73 Å². The molecule has 6 heteroatoms. The average molecular weight is 230 g/mol. The Morgan fingerprint density at radius 1 is 1.60 bits per heavy atom. The fourth-order valence-electron chi connectivity index (χ4n) is 0.983. The molecule has 0 spiro atoms. The predicted molar refractivity (Wildman–Crippen MR) is 54.5 cm³/mol. The number of halogens is 1. The van der Waals surface area contributed by atoms with E-state index in [4.69, 9.17) is 5.73 Å². The average Bonchev–Trinajstić information content (AvgIpc) is 2.18. The Morgan fingerprint density at radius 3 is 2.87 bits per heavy atom. The summed E-state index contributed by atoms with van der Waals surface area (Å²) in [6, 6.07) is 2.86. The van der Waals surface area contributed by atoms with Gasteiger partial charge in [0.2, 0.25) is 0 Å². The fourth-order valence-corrected chi connectivity index (χ4v) is 2.14. The monoisotopic (exact) mass is 230 g/mol. The number of hydrogen-bond acceptors (Lipinski definition) is 4. The summed E-state index contributed by atoms with van der Waals surface area (Å²) >= 11 is 0. The Hall–Kier alpha value is -1.27. The maximum Gasteiger partial charge on any atom is 0.186 e. The van der Waals surface area contributed by atoms with E-state index in [0.29, 0.717) is 0 Å². The lowest BCUT2D eigenvalue weighted by atomic mass is 10.5. The Balaban J connectivity index is 2.91. The van der Waals surface area contributed by atoms with Gasteiger partial charge in [-0.25, -0.2) is 12.8 Å². The summed E-state index contributed by atoms with van der Waals surface area (Å²) in [7, 11) is -3.64. The van der Waals surface area contributed by atoms with Crippen LogP contribution in [0, 0.1) is 0 Å². The van der Waals surface area contributed by atoms with E-state index in [-0.39, 0.29) is 11.4 Å². The summed E-state index contributed by atoms with van der Waals surface area (Å²) in [5, 5.41) is 0. The van der Waals surface area contributed by atoms with Crippen LogP contribution in [0.25, 0.3) is 0 Å².